The molecule has 0 fully saturated rings. The number of ether oxygens (including phenoxy) is 1. The van der Waals surface area contributed by atoms with Gasteiger partial charge in [0.2, 0.25) is 0 Å². The summed E-state index contributed by atoms with van der Waals surface area (Å²) in [6.45, 7) is 8.28. The molecule has 3 heteroatoms. The highest BCUT2D eigenvalue weighted by molar-refractivity contribution is 6.31. The van der Waals surface area contributed by atoms with E-state index in [0.717, 1.165) is 5.56 Å². The van der Waals surface area contributed by atoms with Crippen molar-refractivity contribution in [3.8, 4) is 0 Å². The molecule has 3 unspecified atom stereocenters. The van der Waals surface area contributed by atoms with Crippen LogP contribution in [0.3, 0.4) is 0 Å². The lowest BCUT2D eigenvalue weighted by molar-refractivity contribution is -0.0363. The standard InChI is InChI=1S/C14H22ClNO/c1-9(2)11(4)17-14(10(3)16)12-7-5-6-8-13(12)15/h5-11,14H,16H2,1-4H3. The Morgan fingerprint density at radius 3 is 2.18 bits per heavy atom. The van der Waals surface area contributed by atoms with Gasteiger partial charge in [-0.1, -0.05) is 43.6 Å². The maximum absolute atomic E-state index is 6.19. The monoisotopic (exact) mass is 255 g/mol. The van der Waals surface area contributed by atoms with Gasteiger partial charge in [-0.05, 0) is 25.8 Å². The average Bonchev–Trinajstić information content (AvgIpc) is 2.26. The minimum Gasteiger partial charge on any atom is -0.369 e. The van der Waals surface area contributed by atoms with E-state index in [1.165, 1.54) is 0 Å². The van der Waals surface area contributed by atoms with Crippen LogP contribution in [0.1, 0.15) is 39.4 Å². The zero-order chi connectivity index (χ0) is 13.0. The molecule has 1 aromatic carbocycles. The summed E-state index contributed by atoms with van der Waals surface area (Å²) in [6, 6.07) is 7.63. The molecule has 0 saturated heterocycles. The third-order valence-electron chi connectivity index (χ3n) is 2.99. The Balaban J connectivity index is 2.91. The first-order chi connectivity index (χ1) is 7.93. The SMILES string of the molecule is CC(C)C(C)OC(c1ccccc1Cl)C(C)N. The van der Waals surface area contributed by atoms with Crippen LogP contribution in [-0.2, 0) is 4.74 Å². The number of hydrogen-bond donors (Lipinski definition) is 1. The van der Waals surface area contributed by atoms with Crippen molar-refractivity contribution in [2.45, 2.75) is 45.9 Å². The first-order valence-corrected chi connectivity index (χ1v) is 6.46. The van der Waals surface area contributed by atoms with E-state index < -0.39 is 0 Å². The zero-order valence-electron chi connectivity index (χ0n) is 11.0. The fourth-order valence-electron chi connectivity index (χ4n) is 1.57. The minimum absolute atomic E-state index is 0.0869. The Bertz CT molecular complexity index is 352. The second-order valence-corrected chi connectivity index (χ2v) is 5.29. The molecule has 0 amide bonds. The van der Waals surface area contributed by atoms with Crippen LogP contribution in [0.4, 0.5) is 0 Å². The molecule has 96 valence electrons. The summed E-state index contributed by atoms with van der Waals surface area (Å²) in [5.41, 5.74) is 6.97. The van der Waals surface area contributed by atoms with Crippen molar-refractivity contribution in [1.82, 2.24) is 0 Å². The van der Waals surface area contributed by atoms with E-state index in [1.54, 1.807) is 0 Å². The minimum atomic E-state index is -0.152. The van der Waals surface area contributed by atoms with Gasteiger partial charge in [0.05, 0.1) is 12.2 Å². The Labute approximate surface area is 109 Å². The van der Waals surface area contributed by atoms with Crippen molar-refractivity contribution in [2.75, 3.05) is 0 Å². The van der Waals surface area contributed by atoms with E-state index in [4.69, 9.17) is 22.1 Å². The highest BCUT2D eigenvalue weighted by Crippen LogP contribution is 2.29. The average molecular weight is 256 g/mol. The van der Waals surface area contributed by atoms with Gasteiger partial charge in [0, 0.05) is 16.6 Å². The molecular weight excluding hydrogens is 234 g/mol. The normalized spacial score (nSPS) is 16.9. The molecule has 1 rings (SSSR count). The maximum atomic E-state index is 6.19. The molecule has 0 aromatic heterocycles. The quantitative estimate of drug-likeness (QED) is 0.869. The summed E-state index contributed by atoms with van der Waals surface area (Å²) in [6.07, 6.45) is 0.00312. The van der Waals surface area contributed by atoms with E-state index in [1.807, 2.05) is 31.2 Å². The Morgan fingerprint density at radius 1 is 1.12 bits per heavy atom. The lowest BCUT2D eigenvalue weighted by Crippen LogP contribution is -2.31. The summed E-state index contributed by atoms with van der Waals surface area (Å²) < 4.78 is 6.03. The van der Waals surface area contributed by atoms with Gasteiger partial charge in [-0.15, -0.1) is 0 Å². The van der Waals surface area contributed by atoms with Crippen molar-refractivity contribution in [2.24, 2.45) is 11.7 Å². The van der Waals surface area contributed by atoms with E-state index >= 15 is 0 Å². The summed E-state index contributed by atoms with van der Waals surface area (Å²) >= 11 is 6.19. The van der Waals surface area contributed by atoms with Crippen LogP contribution >= 0.6 is 11.6 Å². The topological polar surface area (TPSA) is 35.2 Å². The van der Waals surface area contributed by atoms with Gasteiger partial charge in [0.1, 0.15) is 0 Å². The molecule has 3 atom stereocenters. The summed E-state index contributed by atoms with van der Waals surface area (Å²) in [7, 11) is 0. The highest BCUT2D eigenvalue weighted by Gasteiger charge is 2.22. The Morgan fingerprint density at radius 2 is 1.71 bits per heavy atom. The number of nitrogens with two attached hydrogens (primary N) is 1. The highest BCUT2D eigenvalue weighted by atomic mass is 35.5. The first-order valence-electron chi connectivity index (χ1n) is 6.09. The molecule has 0 heterocycles. The van der Waals surface area contributed by atoms with Crippen LogP contribution in [0, 0.1) is 5.92 Å². The molecule has 0 aliphatic rings. The molecule has 0 aliphatic carbocycles. The molecule has 0 aliphatic heterocycles. The van der Waals surface area contributed by atoms with Crippen molar-refractivity contribution in [3.63, 3.8) is 0 Å². The van der Waals surface area contributed by atoms with Gasteiger partial charge in [-0.3, -0.25) is 0 Å². The maximum Gasteiger partial charge on any atom is 0.0991 e. The van der Waals surface area contributed by atoms with E-state index in [0.29, 0.717) is 10.9 Å². The van der Waals surface area contributed by atoms with Gasteiger partial charge in [0.25, 0.3) is 0 Å². The van der Waals surface area contributed by atoms with Crippen molar-refractivity contribution in [3.05, 3.63) is 34.9 Å². The van der Waals surface area contributed by atoms with E-state index in [9.17, 15) is 0 Å². The molecule has 2 nitrogen and oxygen atoms in total. The molecule has 17 heavy (non-hydrogen) atoms. The fourth-order valence-corrected chi connectivity index (χ4v) is 1.82. The van der Waals surface area contributed by atoms with Gasteiger partial charge in [0.15, 0.2) is 0 Å². The van der Waals surface area contributed by atoms with Crippen LogP contribution in [-0.4, -0.2) is 12.1 Å². The molecule has 0 saturated carbocycles. The van der Waals surface area contributed by atoms with Crippen LogP contribution in [0.25, 0.3) is 0 Å². The second kappa shape index (κ2) is 6.39. The smallest absolute Gasteiger partial charge is 0.0991 e. The van der Waals surface area contributed by atoms with Gasteiger partial charge in [-0.2, -0.15) is 0 Å². The van der Waals surface area contributed by atoms with Gasteiger partial charge < -0.3 is 10.5 Å². The van der Waals surface area contributed by atoms with E-state index in [-0.39, 0.29) is 18.2 Å². The first kappa shape index (κ1) is 14.5. The summed E-state index contributed by atoms with van der Waals surface area (Å²) in [5.74, 6) is 0.457. The predicted molar refractivity (Wildman–Crippen MR) is 73.2 cm³/mol. The summed E-state index contributed by atoms with van der Waals surface area (Å²) in [4.78, 5) is 0. The zero-order valence-corrected chi connectivity index (χ0v) is 11.7. The third kappa shape index (κ3) is 3.98. The molecular formula is C14H22ClNO. The fraction of sp³-hybridized carbons (Fsp3) is 0.571. The molecule has 0 radical (unpaired) electrons. The van der Waals surface area contributed by atoms with Crippen molar-refractivity contribution >= 4 is 11.6 Å². The second-order valence-electron chi connectivity index (χ2n) is 4.89. The van der Waals surface area contributed by atoms with Crippen molar-refractivity contribution in [1.29, 1.82) is 0 Å². The summed E-state index contributed by atoms with van der Waals surface area (Å²) in [5, 5.41) is 0.714. The molecule has 1 aromatic rings. The largest absolute Gasteiger partial charge is 0.369 e. The predicted octanol–water partition coefficient (Wildman–Crippen LogP) is 3.79. The Kier molecular flexibility index (Phi) is 5.44. The molecule has 0 bridgehead atoms. The number of halogens is 1. The van der Waals surface area contributed by atoms with Crippen LogP contribution in [0.5, 0.6) is 0 Å². The third-order valence-corrected chi connectivity index (χ3v) is 3.33. The van der Waals surface area contributed by atoms with Gasteiger partial charge in [-0.25, -0.2) is 0 Å². The molecule has 0 spiro atoms. The van der Waals surface area contributed by atoms with Crippen LogP contribution in [0.15, 0.2) is 24.3 Å². The van der Waals surface area contributed by atoms with E-state index in [2.05, 4.69) is 20.8 Å². The number of hydrogen-bond acceptors (Lipinski definition) is 2. The number of benzene rings is 1. The lowest BCUT2D eigenvalue weighted by Gasteiger charge is -2.28. The van der Waals surface area contributed by atoms with Crippen molar-refractivity contribution < 1.29 is 4.74 Å². The number of rotatable bonds is 5. The van der Waals surface area contributed by atoms with Crippen LogP contribution < -0.4 is 5.73 Å². The lowest BCUT2D eigenvalue weighted by atomic mass is 10.0. The molecule has 2 N–H and O–H groups in total. The van der Waals surface area contributed by atoms with Crippen LogP contribution in [0.2, 0.25) is 5.02 Å². The Hall–Kier alpha value is -0.570. The van der Waals surface area contributed by atoms with Gasteiger partial charge >= 0.3 is 0 Å².